The fraction of sp³-hybridized carbons (Fsp3) is 0.348. The maximum Gasteiger partial charge on any atom is 0.416 e. The van der Waals surface area contributed by atoms with Gasteiger partial charge in [-0.25, -0.2) is 9.59 Å². The molecule has 176 valence electrons. The molecule has 2 amide bonds. The zero-order valence-electron chi connectivity index (χ0n) is 17.5. The largest absolute Gasteiger partial charge is 0.480 e. The summed E-state index contributed by atoms with van der Waals surface area (Å²) in [6.45, 7) is 0.261. The number of rotatable bonds is 7. The third kappa shape index (κ3) is 6.24. The molecule has 1 heterocycles. The summed E-state index contributed by atoms with van der Waals surface area (Å²) in [5, 5.41) is 11.8. The number of hydrogen-bond acceptors (Lipinski definition) is 4. The first-order valence-electron chi connectivity index (χ1n) is 10.3. The number of nitrogens with one attached hydrogen (secondary N) is 1. The number of benzene rings is 2. The van der Waals surface area contributed by atoms with Crippen molar-refractivity contribution in [1.82, 2.24) is 10.2 Å². The molecule has 0 bridgehead atoms. The molecule has 1 fully saturated rings. The van der Waals surface area contributed by atoms with Crippen molar-refractivity contribution in [2.24, 2.45) is 0 Å². The van der Waals surface area contributed by atoms with Gasteiger partial charge >= 0.3 is 18.2 Å². The van der Waals surface area contributed by atoms with Gasteiger partial charge in [-0.3, -0.25) is 9.69 Å². The molecule has 10 heteroatoms. The van der Waals surface area contributed by atoms with Crippen molar-refractivity contribution in [2.75, 3.05) is 6.54 Å². The van der Waals surface area contributed by atoms with Gasteiger partial charge in [0.1, 0.15) is 18.7 Å². The van der Waals surface area contributed by atoms with Gasteiger partial charge in [-0.15, -0.1) is 0 Å². The van der Waals surface area contributed by atoms with E-state index in [-0.39, 0.29) is 25.1 Å². The highest BCUT2D eigenvalue weighted by Gasteiger charge is 2.38. The summed E-state index contributed by atoms with van der Waals surface area (Å²) in [6, 6.07) is 11.0. The van der Waals surface area contributed by atoms with E-state index in [1.807, 2.05) is 6.07 Å². The first-order valence-corrected chi connectivity index (χ1v) is 10.3. The molecule has 3 rings (SSSR count). The number of carboxylic acid groups (broad SMARTS) is 1. The Morgan fingerprint density at radius 2 is 1.76 bits per heavy atom. The maximum atomic E-state index is 13.3. The van der Waals surface area contributed by atoms with Crippen molar-refractivity contribution in [3.8, 4) is 0 Å². The molecule has 1 aliphatic heterocycles. The van der Waals surface area contributed by atoms with E-state index in [0.29, 0.717) is 6.42 Å². The second-order valence-electron chi connectivity index (χ2n) is 7.65. The van der Waals surface area contributed by atoms with Crippen LogP contribution >= 0.6 is 0 Å². The minimum absolute atomic E-state index is 0.0104. The number of alkyl halides is 3. The summed E-state index contributed by atoms with van der Waals surface area (Å²) in [5.74, 6) is -2.22. The Bertz CT molecular complexity index is 997. The van der Waals surface area contributed by atoms with Gasteiger partial charge in [-0.05, 0) is 30.0 Å². The van der Waals surface area contributed by atoms with E-state index in [1.54, 1.807) is 24.3 Å². The average molecular weight is 464 g/mol. The number of amides is 2. The van der Waals surface area contributed by atoms with Crippen molar-refractivity contribution in [2.45, 2.75) is 44.1 Å². The summed E-state index contributed by atoms with van der Waals surface area (Å²) in [5.41, 5.74) is -0.443. The summed E-state index contributed by atoms with van der Waals surface area (Å²) in [4.78, 5) is 38.2. The molecule has 0 aliphatic carbocycles. The third-order valence-electron chi connectivity index (χ3n) is 5.36. The van der Waals surface area contributed by atoms with Crippen molar-refractivity contribution >= 4 is 18.0 Å². The van der Waals surface area contributed by atoms with E-state index in [2.05, 4.69) is 5.32 Å². The SMILES string of the molecule is O=C(N[C@H](Cc1ccccc1C(F)(F)F)C(=O)O)[C@H]1CCCN1C(=O)OCc1ccccc1. The van der Waals surface area contributed by atoms with Crippen LogP contribution in [0.2, 0.25) is 0 Å². The van der Waals surface area contributed by atoms with Crippen LogP contribution in [0.5, 0.6) is 0 Å². The predicted octanol–water partition coefficient (Wildman–Crippen LogP) is 3.62. The van der Waals surface area contributed by atoms with Gasteiger partial charge in [-0.2, -0.15) is 13.2 Å². The van der Waals surface area contributed by atoms with Gasteiger partial charge in [0, 0.05) is 13.0 Å². The third-order valence-corrected chi connectivity index (χ3v) is 5.36. The Hall–Kier alpha value is -3.56. The Morgan fingerprint density at radius 1 is 1.09 bits per heavy atom. The molecular formula is C23H23F3N2O5. The van der Waals surface area contributed by atoms with Gasteiger partial charge in [0.2, 0.25) is 5.91 Å². The lowest BCUT2D eigenvalue weighted by Gasteiger charge is -2.25. The second-order valence-corrected chi connectivity index (χ2v) is 7.65. The average Bonchev–Trinajstić information content (AvgIpc) is 3.27. The summed E-state index contributed by atoms with van der Waals surface area (Å²) >= 11 is 0. The normalized spacial score (nSPS) is 16.8. The fourth-order valence-corrected chi connectivity index (χ4v) is 3.72. The van der Waals surface area contributed by atoms with Crippen LogP contribution < -0.4 is 5.32 Å². The van der Waals surface area contributed by atoms with Gasteiger partial charge < -0.3 is 15.2 Å². The van der Waals surface area contributed by atoms with Crippen molar-refractivity contribution in [1.29, 1.82) is 0 Å². The second kappa shape index (κ2) is 10.4. The van der Waals surface area contributed by atoms with Gasteiger partial charge in [-0.1, -0.05) is 48.5 Å². The number of carboxylic acids is 1. The van der Waals surface area contributed by atoms with Crippen LogP contribution in [0.15, 0.2) is 54.6 Å². The Labute approximate surface area is 188 Å². The molecule has 2 aromatic carbocycles. The number of hydrogen-bond donors (Lipinski definition) is 2. The van der Waals surface area contributed by atoms with Crippen LogP contribution in [0.25, 0.3) is 0 Å². The Balaban J connectivity index is 1.66. The minimum Gasteiger partial charge on any atom is -0.480 e. The van der Waals surface area contributed by atoms with E-state index < -0.39 is 48.2 Å². The quantitative estimate of drug-likeness (QED) is 0.653. The van der Waals surface area contributed by atoms with E-state index in [0.717, 1.165) is 11.6 Å². The first kappa shape index (κ1) is 24.1. The molecule has 2 atom stereocenters. The molecule has 1 saturated heterocycles. The van der Waals surface area contributed by atoms with Crippen LogP contribution in [-0.2, 0) is 33.5 Å². The lowest BCUT2D eigenvalue weighted by atomic mass is 9.99. The first-order chi connectivity index (χ1) is 15.7. The molecule has 7 nitrogen and oxygen atoms in total. The smallest absolute Gasteiger partial charge is 0.416 e. The van der Waals surface area contributed by atoms with E-state index in [1.165, 1.54) is 23.1 Å². The highest BCUT2D eigenvalue weighted by atomic mass is 19.4. The molecule has 33 heavy (non-hydrogen) atoms. The molecule has 0 radical (unpaired) electrons. The molecule has 2 aromatic rings. The number of carbonyl (C=O) groups excluding carboxylic acids is 2. The number of aliphatic carboxylic acids is 1. The molecule has 0 unspecified atom stereocenters. The van der Waals surface area contributed by atoms with Crippen molar-refractivity contribution in [3.63, 3.8) is 0 Å². The predicted molar refractivity (Wildman–Crippen MR) is 111 cm³/mol. The Morgan fingerprint density at radius 3 is 2.42 bits per heavy atom. The van der Waals surface area contributed by atoms with E-state index in [4.69, 9.17) is 4.74 Å². The Kier molecular flexibility index (Phi) is 7.57. The molecule has 0 spiro atoms. The zero-order chi connectivity index (χ0) is 24.0. The number of ether oxygens (including phenoxy) is 1. The van der Waals surface area contributed by atoms with Crippen LogP contribution in [0.1, 0.15) is 29.5 Å². The molecule has 2 N–H and O–H groups in total. The molecule has 0 saturated carbocycles. The number of nitrogens with zero attached hydrogens (tertiary/aromatic N) is 1. The van der Waals surface area contributed by atoms with Gasteiger partial charge in [0.25, 0.3) is 0 Å². The maximum absolute atomic E-state index is 13.3. The van der Waals surface area contributed by atoms with E-state index in [9.17, 15) is 32.7 Å². The van der Waals surface area contributed by atoms with Crippen LogP contribution in [0.3, 0.4) is 0 Å². The number of carbonyl (C=O) groups is 3. The monoisotopic (exact) mass is 464 g/mol. The van der Waals surface area contributed by atoms with Gasteiger partial charge in [0.05, 0.1) is 5.56 Å². The topological polar surface area (TPSA) is 95.9 Å². The van der Waals surface area contributed by atoms with Crippen molar-refractivity contribution < 1.29 is 37.4 Å². The highest BCUT2D eigenvalue weighted by Crippen LogP contribution is 2.32. The van der Waals surface area contributed by atoms with Crippen molar-refractivity contribution in [3.05, 3.63) is 71.3 Å². The molecule has 1 aliphatic rings. The number of halogens is 3. The highest BCUT2D eigenvalue weighted by molar-refractivity contribution is 5.89. The standard InChI is InChI=1S/C23H23F3N2O5/c24-23(25,26)17-10-5-4-9-16(17)13-18(21(30)31)27-20(29)19-11-6-12-28(19)22(32)33-14-15-7-2-1-3-8-15/h1-5,7-10,18-19H,6,11-14H2,(H,27,29)(H,30,31)/t18-,19-/m1/s1. The van der Waals surface area contributed by atoms with Crippen LogP contribution in [0, 0.1) is 0 Å². The molecular weight excluding hydrogens is 441 g/mol. The lowest BCUT2D eigenvalue weighted by Crippen LogP contribution is -2.51. The van der Waals surface area contributed by atoms with E-state index >= 15 is 0 Å². The summed E-state index contributed by atoms with van der Waals surface area (Å²) < 4.78 is 45.0. The lowest BCUT2D eigenvalue weighted by molar-refractivity contribution is -0.143. The van der Waals surface area contributed by atoms with Gasteiger partial charge in [0.15, 0.2) is 0 Å². The minimum atomic E-state index is -4.66. The molecule has 0 aromatic heterocycles. The van der Waals surface area contributed by atoms with Crippen LogP contribution in [-0.4, -0.2) is 46.6 Å². The summed E-state index contributed by atoms with van der Waals surface area (Å²) in [6.07, 6.45) is -5.13. The fourth-order valence-electron chi connectivity index (χ4n) is 3.72. The van der Waals surface area contributed by atoms with Crippen LogP contribution in [0.4, 0.5) is 18.0 Å². The summed E-state index contributed by atoms with van der Waals surface area (Å²) in [7, 11) is 0. The number of likely N-dealkylation sites (tertiary alicyclic amines) is 1. The zero-order valence-corrected chi connectivity index (χ0v) is 17.5.